The topological polar surface area (TPSA) is 95.7 Å². The van der Waals surface area contributed by atoms with E-state index >= 15 is 0 Å². The Balaban J connectivity index is 2.13. The molecule has 2 aromatic rings. The average Bonchev–Trinajstić information content (AvgIpc) is 2.61. The van der Waals surface area contributed by atoms with Crippen molar-refractivity contribution in [2.75, 3.05) is 6.61 Å². The molecule has 0 N–H and O–H groups in total. The van der Waals surface area contributed by atoms with Gasteiger partial charge in [-0.25, -0.2) is 4.79 Å². The second kappa shape index (κ2) is 7.98. The lowest BCUT2D eigenvalue weighted by atomic mass is 10.1. The zero-order chi connectivity index (χ0) is 17.5. The Hall–Kier alpha value is -3.06. The normalized spacial score (nSPS) is 11.5. The first-order chi connectivity index (χ1) is 11.5. The highest BCUT2D eigenvalue weighted by molar-refractivity contribution is 6.00. The molecule has 0 amide bonds. The number of esters is 1. The number of Topliss-reactive ketones (excluding diaryl/α,β-unsaturated/α-hetero) is 1. The number of nitro groups is 1. The van der Waals surface area contributed by atoms with E-state index in [1.807, 2.05) is 0 Å². The number of nitrogens with zero attached hydrogens (tertiary/aromatic N) is 1. The van der Waals surface area contributed by atoms with Gasteiger partial charge < -0.3 is 9.47 Å². The van der Waals surface area contributed by atoms with Crippen LogP contribution in [0.1, 0.15) is 27.6 Å². The van der Waals surface area contributed by atoms with Gasteiger partial charge in [0.2, 0.25) is 5.78 Å². The predicted molar refractivity (Wildman–Crippen MR) is 84.7 cm³/mol. The Morgan fingerprint density at radius 1 is 1.04 bits per heavy atom. The smallest absolute Gasteiger partial charge is 0.340 e. The van der Waals surface area contributed by atoms with Crippen molar-refractivity contribution in [2.24, 2.45) is 0 Å². The van der Waals surface area contributed by atoms with Crippen LogP contribution in [0.25, 0.3) is 0 Å². The molecule has 24 heavy (non-hydrogen) atoms. The molecule has 124 valence electrons. The van der Waals surface area contributed by atoms with Crippen LogP contribution in [0.15, 0.2) is 54.6 Å². The summed E-state index contributed by atoms with van der Waals surface area (Å²) < 4.78 is 10.3. The number of ether oxygens (including phenoxy) is 2. The highest BCUT2D eigenvalue weighted by Crippen LogP contribution is 2.15. The summed E-state index contributed by atoms with van der Waals surface area (Å²) in [7, 11) is 0. The molecule has 2 rings (SSSR count). The number of carbonyl (C=O) groups excluding carboxylic acids is 2. The lowest BCUT2D eigenvalue weighted by molar-refractivity contribution is -0.384. The van der Waals surface area contributed by atoms with Crippen molar-refractivity contribution >= 4 is 17.4 Å². The Bertz CT molecular complexity index is 727. The SMILES string of the molecule is CCOC(OC(=O)c1ccc([N+](=O)[O-])cc1)C(=O)c1ccccc1. The minimum atomic E-state index is -1.37. The molecule has 0 aliphatic carbocycles. The van der Waals surface area contributed by atoms with Gasteiger partial charge >= 0.3 is 5.97 Å². The van der Waals surface area contributed by atoms with Crippen LogP contribution in [0.3, 0.4) is 0 Å². The van der Waals surface area contributed by atoms with Gasteiger partial charge in [0.15, 0.2) is 0 Å². The summed E-state index contributed by atoms with van der Waals surface area (Å²) in [6.07, 6.45) is -1.37. The van der Waals surface area contributed by atoms with Gasteiger partial charge in [-0.2, -0.15) is 0 Å². The molecule has 0 radical (unpaired) electrons. The quantitative estimate of drug-likeness (QED) is 0.255. The summed E-state index contributed by atoms with van der Waals surface area (Å²) in [4.78, 5) is 34.5. The van der Waals surface area contributed by atoms with Crippen LogP contribution < -0.4 is 0 Å². The van der Waals surface area contributed by atoms with Gasteiger partial charge in [0.1, 0.15) is 0 Å². The van der Waals surface area contributed by atoms with E-state index in [4.69, 9.17) is 9.47 Å². The first kappa shape index (κ1) is 17.3. The average molecular weight is 329 g/mol. The van der Waals surface area contributed by atoms with Crippen LogP contribution in [-0.4, -0.2) is 29.6 Å². The second-order valence-electron chi connectivity index (χ2n) is 4.73. The Kier molecular flexibility index (Phi) is 5.75. The molecule has 0 bridgehead atoms. The maximum Gasteiger partial charge on any atom is 0.340 e. The largest absolute Gasteiger partial charge is 0.424 e. The van der Waals surface area contributed by atoms with Crippen LogP contribution in [0.4, 0.5) is 5.69 Å². The van der Waals surface area contributed by atoms with Crippen molar-refractivity contribution in [1.29, 1.82) is 0 Å². The van der Waals surface area contributed by atoms with Crippen molar-refractivity contribution in [3.8, 4) is 0 Å². The lowest BCUT2D eigenvalue weighted by Crippen LogP contribution is -2.30. The Labute approximate surface area is 138 Å². The number of ketones is 1. The zero-order valence-corrected chi connectivity index (χ0v) is 12.9. The fourth-order valence-electron chi connectivity index (χ4n) is 1.94. The summed E-state index contributed by atoms with van der Waals surface area (Å²) in [5.74, 6) is -1.28. The minimum Gasteiger partial charge on any atom is -0.424 e. The molecule has 0 heterocycles. The first-order valence-electron chi connectivity index (χ1n) is 7.19. The van der Waals surface area contributed by atoms with Crippen molar-refractivity contribution in [1.82, 2.24) is 0 Å². The standard InChI is InChI=1S/C17H15NO6/c1-2-23-17(15(19)12-6-4-3-5-7-12)24-16(20)13-8-10-14(11-9-13)18(21)22/h3-11,17H,2H2,1H3. The van der Waals surface area contributed by atoms with Gasteiger partial charge in [0, 0.05) is 24.3 Å². The van der Waals surface area contributed by atoms with Gasteiger partial charge in [-0.1, -0.05) is 30.3 Å². The van der Waals surface area contributed by atoms with Crippen molar-refractivity contribution in [2.45, 2.75) is 13.2 Å². The maximum absolute atomic E-state index is 12.4. The number of non-ortho nitro benzene ring substituents is 1. The van der Waals surface area contributed by atoms with Crippen LogP contribution in [0.2, 0.25) is 0 Å². The number of benzene rings is 2. The highest BCUT2D eigenvalue weighted by Gasteiger charge is 2.25. The lowest BCUT2D eigenvalue weighted by Gasteiger charge is -2.16. The molecule has 2 aromatic carbocycles. The maximum atomic E-state index is 12.4. The van der Waals surface area contributed by atoms with Gasteiger partial charge in [0.25, 0.3) is 12.0 Å². The van der Waals surface area contributed by atoms with E-state index in [1.165, 1.54) is 24.3 Å². The van der Waals surface area contributed by atoms with E-state index in [1.54, 1.807) is 37.3 Å². The Morgan fingerprint density at radius 3 is 2.21 bits per heavy atom. The Morgan fingerprint density at radius 2 is 1.67 bits per heavy atom. The summed E-state index contributed by atoms with van der Waals surface area (Å²) in [5, 5.41) is 10.6. The van der Waals surface area contributed by atoms with E-state index in [0.717, 1.165) is 0 Å². The second-order valence-corrected chi connectivity index (χ2v) is 4.73. The molecular weight excluding hydrogens is 314 g/mol. The molecule has 0 aromatic heterocycles. The molecular formula is C17H15NO6. The van der Waals surface area contributed by atoms with Gasteiger partial charge in [0.05, 0.1) is 10.5 Å². The molecule has 0 saturated carbocycles. The highest BCUT2D eigenvalue weighted by atomic mass is 16.7. The van der Waals surface area contributed by atoms with Crippen LogP contribution in [-0.2, 0) is 9.47 Å². The van der Waals surface area contributed by atoms with E-state index in [2.05, 4.69) is 0 Å². The summed E-state index contributed by atoms with van der Waals surface area (Å²) in [5.41, 5.74) is 0.298. The van der Waals surface area contributed by atoms with Crippen molar-refractivity contribution in [3.05, 3.63) is 75.8 Å². The molecule has 1 atom stereocenters. The van der Waals surface area contributed by atoms with E-state index in [0.29, 0.717) is 5.56 Å². The third kappa shape index (κ3) is 4.23. The molecule has 0 aliphatic heterocycles. The third-order valence-corrected chi connectivity index (χ3v) is 3.12. The molecule has 0 saturated heterocycles. The summed E-state index contributed by atoms with van der Waals surface area (Å²) in [6.45, 7) is 1.85. The van der Waals surface area contributed by atoms with E-state index < -0.39 is 23.0 Å². The van der Waals surface area contributed by atoms with Crippen molar-refractivity contribution in [3.63, 3.8) is 0 Å². The monoisotopic (exact) mass is 329 g/mol. The van der Waals surface area contributed by atoms with Gasteiger partial charge in [-0.15, -0.1) is 0 Å². The number of carbonyl (C=O) groups is 2. The minimum absolute atomic E-state index is 0.0890. The molecule has 7 heteroatoms. The molecule has 7 nitrogen and oxygen atoms in total. The molecule has 0 aliphatic rings. The third-order valence-electron chi connectivity index (χ3n) is 3.12. The molecule has 1 unspecified atom stereocenters. The fraction of sp³-hybridized carbons (Fsp3) is 0.176. The summed E-state index contributed by atoms with van der Waals surface area (Å²) in [6, 6.07) is 13.2. The van der Waals surface area contributed by atoms with Gasteiger partial charge in [-0.05, 0) is 19.1 Å². The molecule has 0 fully saturated rings. The van der Waals surface area contributed by atoms with E-state index in [9.17, 15) is 19.7 Å². The van der Waals surface area contributed by atoms with Crippen LogP contribution >= 0.6 is 0 Å². The number of rotatable bonds is 7. The zero-order valence-electron chi connectivity index (χ0n) is 12.9. The number of nitro benzene ring substituents is 1. The fourth-order valence-corrected chi connectivity index (χ4v) is 1.94. The van der Waals surface area contributed by atoms with Gasteiger partial charge in [-0.3, -0.25) is 14.9 Å². The summed E-state index contributed by atoms with van der Waals surface area (Å²) >= 11 is 0. The first-order valence-corrected chi connectivity index (χ1v) is 7.19. The number of hydrogen-bond acceptors (Lipinski definition) is 6. The van der Waals surface area contributed by atoms with Crippen LogP contribution in [0.5, 0.6) is 0 Å². The van der Waals surface area contributed by atoms with Crippen molar-refractivity contribution < 1.29 is 24.0 Å². The van der Waals surface area contributed by atoms with E-state index in [-0.39, 0.29) is 17.9 Å². The van der Waals surface area contributed by atoms with Crippen LogP contribution in [0, 0.1) is 10.1 Å². The number of hydrogen-bond donors (Lipinski definition) is 0. The molecule has 0 spiro atoms. The predicted octanol–water partition coefficient (Wildman–Crippen LogP) is 3.00.